The second kappa shape index (κ2) is 5.38. The van der Waals surface area contributed by atoms with E-state index in [2.05, 4.69) is 13.2 Å². The fourth-order valence-electron chi connectivity index (χ4n) is 5.53. The highest BCUT2D eigenvalue weighted by Crippen LogP contribution is 2.61. The van der Waals surface area contributed by atoms with E-state index in [4.69, 9.17) is 0 Å². The maximum atomic E-state index is 12.6. The van der Waals surface area contributed by atoms with E-state index in [0.29, 0.717) is 24.4 Å². The minimum Gasteiger partial charge on any atom is -0.335 e. The molecular weight excluding hydrogens is 246 g/mol. The second-order valence-electron chi connectivity index (χ2n) is 7.47. The molecule has 4 aliphatic rings. The van der Waals surface area contributed by atoms with Gasteiger partial charge in [-0.2, -0.15) is 0 Å². The molecule has 4 saturated carbocycles. The largest absolute Gasteiger partial charge is 0.335 e. The summed E-state index contributed by atoms with van der Waals surface area (Å²) in [7, 11) is 0. The van der Waals surface area contributed by atoms with E-state index in [9.17, 15) is 4.79 Å². The van der Waals surface area contributed by atoms with Gasteiger partial charge in [0.2, 0.25) is 5.91 Å². The summed E-state index contributed by atoms with van der Waals surface area (Å²) in [5.74, 6) is 3.07. The third-order valence-electron chi connectivity index (χ3n) is 5.74. The average molecular weight is 273 g/mol. The minimum absolute atomic E-state index is 0.312. The molecule has 0 aromatic carbocycles. The Hall–Kier alpha value is -1.05. The third kappa shape index (κ3) is 2.57. The standard InChI is InChI=1S/C18H27NO/c1-3-5-19(6-4-2)17(20)13-18-10-14-7-15(11-18)9-16(8-14)12-18/h3-4,14-16H,1-2,5-13H2. The lowest BCUT2D eigenvalue weighted by Crippen LogP contribution is -2.48. The molecule has 2 heteroatoms. The molecule has 2 nitrogen and oxygen atoms in total. The molecule has 0 spiro atoms. The van der Waals surface area contributed by atoms with Crippen molar-refractivity contribution < 1.29 is 4.79 Å². The highest BCUT2D eigenvalue weighted by atomic mass is 16.2. The first-order valence-corrected chi connectivity index (χ1v) is 8.14. The zero-order chi connectivity index (χ0) is 14.2. The van der Waals surface area contributed by atoms with E-state index in [1.54, 1.807) is 0 Å². The van der Waals surface area contributed by atoms with Crippen molar-refractivity contribution in [1.82, 2.24) is 4.90 Å². The molecule has 0 aliphatic heterocycles. The van der Waals surface area contributed by atoms with Crippen LogP contribution in [0.25, 0.3) is 0 Å². The minimum atomic E-state index is 0.312. The van der Waals surface area contributed by atoms with E-state index in [0.717, 1.165) is 24.2 Å². The summed E-state index contributed by atoms with van der Waals surface area (Å²) in [5.41, 5.74) is 0.340. The Morgan fingerprint density at radius 2 is 1.45 bits per heavy atom. The normalized spacial score (nSPS) is 37.7. The van der Waals surface area contributed by atoms with Crippen LogP contribution in [0, 0.1) is 23.2 Å². The van der Waals surface area contributed by atoms with Crippen LogP contribution in [0.3, 0.4) is 0 Å². The lowest BCUT2D eigenvalue weighted by molar-refractivity contribution is -0.138. The highest BCUT2D eigenvalue weighted by Gasteiger charge is 2.51. The fraction of sp³-hybridized carbons (Fsp3) is 0.722. The van der Waals surface area contributed by atoms with Gasteiger partial charge < -0.3 is 4.90 Å². The zero-order valence-corrected chi connectivity index (χ0v) is 12.5. The van der Waals surface area contributed by atoms with Crippen molar-refractivity contribution in [3.8, 4) is 0 Å². The molecule has 4 aliphatic carbocycles. The Kier molecular flexibility index (Phi) is 3.74. The molecular formula is C18H27NO. The van der Waals surface area contributed by atoms with Gasteiger partial charge in [0, 0.05) is 19.5 Å². The molecule has 4 rings (SSSR count). The van der Waals surface area contributed by atoms with Crippen molar-refractivity contribution in [2.75, 3.05) is 13.1 Å². The molecule has 1 amide bonds. The molecule has 20 heavy (non-hydrogen) atoms. The predicted octanol–water partition coefficient (Wildman–Crippen LogP) is 3.79. The summed E-state index contributed by atoms with van der Waals surface area (Å²) < 4.78 is 0. The van der Waals surface area contributed by atoms with Gasteiger partial charge in [-0.3, -0.25) is 4.79 Å². The number of nitrogens with zero attached hydrogens (tertiary/aromatic N) is 1. The van der Waals surface area contributed by atoms with Crippen LogP contribution in [0.1, 0.15) is 44.9 Å². The first-order valence-electron chi connectivity index (χ1n) is 8.14. The summed E-state index contributed by atoms with van der Waals surface area (Å²) >= 11 is 0. The third-order valence-corrected chi connectivity index (χ3v) is 5.74. The van der Waals surface area contributed by atoms with Gasteiger partial charge in [0.1, 0.15) is 0 Å². The van der Waals surface area contributed by atoms with Crippen LogP contribution in [0.5, 0.6) is 0 Å². The summed E-state index contributed by atoms with van der Waals surface area (Å²) in [5, 5.41) is 0. The SMILES string of the molecule is C=CCN(CC=C)C(=O)CC12CC3CC(CC(C3)C1)C2. The lowest BCUT2D eigenvalue weighted by Gasteiger charge is -2.57. The molecule has 110 valence electrons. The Labute approximate surface area is 122 Å². The first kappa shape index (κ1) is 13.9. The Bertz CT molecular complexity index is 366. The van der Waals surface area contributed by atoms with Crippen LogP contribution in [-0.4, -0.2) is 23.9 Å². The van der Waals surface area contributed by atoms with Gasteiger partial charge in [-0.05, 0) is 61.7 Å². The van der Waals surface area contributed by atoms with Gasteiger partial charge >= 0.3 is 0 Å². The number of hydrogen-bond acceptors (Lipinski definition) is 1. The summed E-state index contributed by atoms with van der Waals surface area (Å²) in [6.07, 6.45) is 12.6. The number of amides is 1. The Balaban J connectivity index is 1.68. The van der Waals surface area contributed by atoms with E-state index >= 15 is 0 Å². The van der Waals surface area contributed by atoms with Crippen molar-refractivity contribution in [2.45, 2.75) is 44.9 Å². The zero-order valence-electron chi connectivity index (χ0n) is 12.5. The van der Waals surface area contributed by atoms with E-state index < -0.39 is 0 Å². The second-order valence-corrected chi connectivity index (χ2v) is 7.47. The quantitative estimate of drug-likeness (QED) is 0.674. The molecule has 0 unspecified atom stereocenters. The van der Waals surface area contributed by atoms with Gasteiger partial charge in [0.25, 0.3) is 0 Å². The van der Waals surface area contributed by atoms with Crippen LogP contribution in [0.15, 0.2) is 25.3 Å². The molecule has 0 atom stereocenters. The van der Waals surface area contributed by atoms with Crippen LogP contribution in [0.4, 0.5) is 0 Å². The number of rotatable bonds is 6. The summed E-state index contributed by atoms with van der Waals surface area (Å²) in [6.45, 7) is 8.83. The van der Waals surface area contributed by atoms with Crippen molar-refractivity contribution in [3.63, 3.8) is 0 Å². The van der Waals surface area contributed by atoms with Crippen LogP contribution >= 0.6 is 0 Å². The number of carbonyl (C=O) groups excluding carboxylic acids is 1. The smallest absolute Gasteiger partial charge is 0.223 e. The Morgan fingerprint density at radius 1 is 1.00 bits per heavy atom. The molecule has 0 heterocycles. The molecule has 0 aromatic heterocycles. The van der Waals surface area contributed by atoms with Gasteiger partial charge in [-0.25, -0.2) is 0 Å². The first-order chi connectivity index (χ1) is 9.64. The fourth-order valence-corrected chi connectivity index (χ4v) is 5.53. The van der Waals surface area contributed by atoms with Crippen LogP contribution in [0.2, 0.25) is 0 Å². The van der Waals surface area contributed by atoms with Crippen molar-refractivity contribution in [1.29, 1.82) is 0 Å². The summed E-state index contributed by atoms with van der Waals surface area (Å²) in [4.78, 5) is 14.5. The summed E-state index contributed by atoms with van der Waals surface area (Å²) in [6, 6.07) is 0. The number of hydrogen-bond donors (Lipinski definition) is 0. The predicted molar refractivity (Wildman–Crippen MR) is 82.2 cm³/mol. The molecule has 0 saturated heterocycles. The molecule has 0 radical (unpaired) electrons. The maximum absolute atomic E-state index is 12.6. The van der Waals surface area contributed by atoms with Crippen LogP contribution in [-0.2, 0) is 4.79 Å². The monoisotopic (exact) mass is 273 g/mol. The molecule has 4 bridgehead atoms. The van der Waals surface area contributed by atoms with Crippen molar-refractivity contribution in [3.05, 3.63) is 25.3 Å². The van der Waals surface area contributed by atoms with Crippen molar-refractivity contribution >= 4 is 5.91 Å². The van der Waals surface area contributed by atoms with Gasteiger partial charge in [-0.15, -0.1) is 13.2 Å². The number of carbonyl (C=O) groups is 1. The Morgan fingerprint density at radius 3 is 1.85 bits per heavy atom. The van der Waals surface area contributed by atoms with E-state index in [1.807, 2.05) is 17.1 Å². The molecule has 0 aromatic rings. The highest BCUT2D eigenvalue weighted by molar-refractivity contribution is 5.77. The van der Waals surface area contributed by atoms with Gasteiger partial charge in [-0.1, -0.05) is 12.2 Å². The maximum Gasteiger partial charge on any atom is 0.223 e. The van der Waals surface area contributed by atoms with E-state index in [1.165, 1.54) is 38.5 Å². The van der Waals surface area contributed by atoms with Gasteiger partial charge in [0.05, 0.1) is 0 Å². The van der Waals surface area contributed by atoms with Crippen LogP contribution < -0.4 is 0 Å². The molecule has 0 N–H and O–H groups in total. The average Bonchev–Trinajstić information content (AvgIpc) is 2.36. The van der Waals surface area contributed by atoms with E-state index in [-0.39, 0.29) is 0 Å². The van der Waals surface area contributed by atoms with Gasteiger partial charge in [0.15, 0.2) is 0 Å². The van der Waals surface area contributed by atoms with Crippen molar-refractivity contribution in [2.24, 2.45) is 23.2 Å². The lowest BCUT2D eigenvalue weighted by atomic mass is 9.49. The topological polar surface area (TPSA) is 20.3 Å². The molecule has 4 fully saturated rings.